The smallest absolute Gasteiger partial charge is 0.159 e. The van der Waals surface area contributed by atoms with Crippen LogP contribution in [0.3, 0.4) is 0 Å². The molecule has 0 amide bonds. The summed E-state index contributed by atoms with van der Waals surface area (Å²) in [6.07, 6.45) is 4.16. The minimum Gasteiger partial charge on any atom is -0.496 e. The highest BCUT2D eigenvalue weighted by molar-refractivity contribution is 5.94. The van der Waals surface area contributed by atoms with Crippen molar-refractivity contribution >= 4 is 12.1 Å². The molecule has 1 atom stereocenters. The predicted octanol–water partition coefficient (Wildman–Crippen LogP) is 2.45. The fourth-order valence-electron chi connectivity index (χ4n) is 2.71. The maximum absolute atomic E-state index is 11.5. The van der Waals surface area contributed by atoms with Gasteiger partial charge in [0.15, 0.2) is 5.78 Å². The van der Waals surface area contributed by atoms with Crippen molar-refractivity contribution in [3.63, 3.8) is 0 Å². The molecule has 108 valence electrons. The molecule has 1 aromatic carbocycles. The summed E-state index contributed by atoms with van der Waals surface area (Å²) in [5.74, 6) is 0.810. The third kappa shape index (κ3) is 3.25. The van der Waals surface area contributed by atoms with E-state index in [-0.39, 0.29) is 11.8 Å². The Bertz CT molecular complexity index is 498. The van der Waals surface area contributed by atoms with Crippen molar-refractivity contribution in [3.8, 4) is 5.75 Å². The first-order valence-electron chi connectivity index (χ1n) is 7.03. The van der Waals surface area contributed by atoms with Gasteiger partial charge >= 0.3 is 0 Å². The SMILES string of the molecule is COc1ccc(C(C)=O)cc1CN1CCCCC1C=O. The summed E-state index contributed by atoms with van der Waals surface area (Å²) in [5.41, 5.74) is 1.65. The van der Waals surface area contributed by atoms with Gasteiger partial charge in [0, 0.05) is 17.7 Å². The molecule has 1 unspecified atom stereocenters. The maximum atomic E-state index is 11.5. The number of likely N-dealkylation sites (tertiary alicyclic amines) is 1. The molecule has 0 aromatic heterocycles. The monoisotopic (exact) mass is 275 g/mol. The predicted molar refractivity (Wildman–Crippen MR) is 77.1 cm³/mol. The first-order chi connectivity index (χ1) is 9.65. The molecule has 0 radical (unpaired) electrons. The standard InChI is InChI=1S/C16H21NO3/c1-12(19)13-6-7-16(20-2)14(9-13)10-17-8-4-3-5-15(17)11-18/h6-7,9,11,15H,3-5,8,10H2,1-2H3. The Morgan fingerprint density at radius 1 is 1.45 bits per heavy atom. The van der Waals surface area contributed by atoms with Crippen molar-refractivity contribution in [2.45, 2.75) is 38.8 Å². The van der Waals surface area contributed by atoms with E-state index in [2.05, 4.69) is 4.90 Å². The lowest BCUT2D eigenvalue weighted by Gasteiger charge is -2.32. The van der Waals surface area contributed by atoms with Crippen LogP contribution in [0.2, 0.25) is 0 Å². The van der Waals surface area contributed by atoms with Gasteiger partial charge in [-0.25, -0.2) is 0 Å². The minimum atomic E-state index is -0.0190. The fraction of sp³-hybridized carbons (Fsp3) is 0.500. The van der Waals surface area contributed by atoms with E-state index in [1.54, 1.807) is 20.1 Å². The molecule has 0 saturated carbocycles. The number of ketones is 1. The zero-order valence-corrected chi connectivity index (χ0v) is 12.1. The molecule has 1 aromatic rings. The number of methoxy groups -OCH3 is 1. The van der Waals surface area contributed by atoms with Gasteiger partial charge in [-0.3, -0.25) is 9.69 Å². The van der Waals surface area contributed by atoms with Crippen LogP contribution in [-0.2, 0) is 11.3 Å². The van der Waals surface area contributed by atoms with Crippen LogP contribution in [0.1, 0.15) is 42.1 Å². The van der Waals surface area contributed by atoms with E-state index in [9.17, 15) is 9.59 Å². The van der Waals surface area contributed by atoms with Gasteiger partial charge in [-0.1, -0.05) is 6.42 Å². The quantitative estimate of drug-likeness (QED) is 0.611. The number of rotatable bonds is 5. The number of hydrogen-bond donors (Lipinski definition) is 0. The van der Waals surface area contributed by atoms with Gasteiger partial charge in [-0.2, -0.15) is 0 Å². The number of ether oxygens (including phenoxy) is 1. The highest BCUT2D eigenvalue weighted by Gasteiger charge is 2.23. The Balaban J connectivity index is 2.23. The second-order valence-electron chi connectivity index (χ2n) is 5.25. The Morgan fingerprint density at radius 2 is 2.25 bits per heavy atom. The average molecular weight is 275 g/mol. The van der Waals surface area contributed by atoms with Crippen molar-refractivity contribution in [2.75, 3.05) is 13.7 Å². The van der Waals surface area contributed by atoms with Gasteiger partial charge in [-0.05, 0) is 44.5 Å². The number of hydrogen-bond acceptors (Lipinski definition) is 4. The van der Waals surface area contributed by atoms with E-state index in [4.69, 9.17) is 4.74 Å². The lowest BCUT2D eigenvalue weighted by molar-refractivity contribution is -0.113. The van der Waals surface area contributed by atoms with Gasteiger partial charge in [-0.15, -0.1) is 0 Å². The van der Waals surface area contributed by atoms with Gasteiger partial charge < -0.3 is 9.53 Å². The molecule has 2 rings (SSSR count). The second kappa shape index (κ2) is 6.66. The topological polar surface area (TPSA) is 46.6 Å². The van der Waals surface area contributed by atoms with Crippen LogP contribution < -0.4 is 4.74 Å². The molecule has 1 saturated heterocycles. The molecule has 4 nitrogen and oxygen atoms in total. The Labute approximate surface area is 119 Å². The molecule has 20 heavy (non-hydrogen) atoms. The fourth-order valence-corrected chi connectivity index (χ4v) is 2.71. The van der Waals surface area contributed by atoms with Crippen molar-refractivity contribution in [1.82, 2.24) is 4.90 Å². The number of carbonyl (C=O) groups is 2. The van der Waals surface area contributed by atoms with Crippen LogP contribution in [-0.4, -0.2) is 36.7 Å². The summed E-state index contributed by atoms with van der Waals surface area (Å²) in [5, 5.41) is 0. The highest BCUT2D eigenvalue weighted by Crippen LogP contribution is 2.25. The second-order valence-corrected chi connectivity index (χ2v) is 5.25. The van der Waals surface area contributed by atoms with Crippen LogP contribution in [0.15, 0.2) is 18.2 Å². The first-order valence-corrected chi connectivity index (χ1v) is 7.03. The van der Waals surface area contributed by atoms with Crippen LogP contribution >= 0.6 is 0 Å². The van der Waals surface area contributed by atoms with Gasteiger partial charge in [0.05, 0.1) is 13.2 Å². The molecular formula is C16H21NO3. The van der Waals surface area contributed by atoms with Crippen LogP contribution in [0.4, 0.5) is 0 Å². The highest BCUT2D eigenvalue weighted by atomic mass is 16.5. The minimum absolute atomic E-state index is 0.0190. The number of piperidine rings is 1. The van der Waals surface area contributed by atoms with E-state index in [1.165, 1.54) is 0 Å². The summed E-state index contributed by atoms with van der Waals surface area (Å²) in [4.78, 5) is 24.8. The van der Waals surface area contributed by atoms with Crippen LogP contribution in [0.25, 0.3) is 0 Å². The zero-order valence-electron chi connectivity index (χ0n) is 12.1. The molecule has 4 heteroatoms. The van der Waals surface area contributed by atoms with E-state index >= 15 is 0 Å². The third-order valence-corrected chi connectivity index (χ3v) is 3.88. The van der Waals surface area contributed by atoms with Gasteiger partial charge in [0.25, 0.3) is 0 Å². The van der Waals surface area contributed by atoms with E-state index in [0.717, 1.165) is 43.4 Å². The Kier molecular flexibility index (Phi) is 4.90. The number of aldehydes is 1. The maximum Gasteiger partial charge on any atom is 0.159 e. The van der Waals surface area contributed by atoms with E-state index < -0.39 is 0 Å². The molecule has 0 spiro atoms. The summed E-state index contributed by atoms with van der Waals surface area (Å²) >= 11 is 0. The molecule has 1 aliphatic rings. The van der Waals surface area contributed by atoms with Crippen LogP contribution in [0.5, 0.6) is 5.75 Å². The molecule has 1 fully saturated rings. The lowest BCUT2D eigenvalue weighted by atomic mass is 10.0. The molecule has 0 bridgehead atoms. The van der Waals surface area contributed by atoms with E-state index in [0.29, 0.717) is 12.1 Å². The third-order valence-electron chi connectivity index (χ3n) is 3.88. The van der Waals surface area contributed by atoms with Crippen molar-refractivity contribution in [1.29, 1.82) is 0 Å². The zero-order chi connectivity index (χ0) is 14.5. The van der Waals surface area contributed by atoms with Crippen LogP contribution in [0, 0.1) is 0 Å². The lowest BCUT2D eigenvalue weighted by Crippen LogP contribution is -2.39. The van der Waals surface area contributed by atoms with Crippen molar-refractivity contribution in [2.24, 2.45) is 0 Å². The number of nitrogens with zero attached hydrogens (tertiary/aromatic N) is 1. The summed E-state index contributed by atoms with van der Waals surface area (Å²) in [7, 11) is 1.62. The summed E-state index contributed by atoms with van der Waals surface area (Å²) < 4.78 is 5.36. The normalized spacial score (nSPS) is 19.6. The van der Waals surface area contributed by atoms with Crippen molar-refractivity contribution < 1.29 is 14.3 Å². The molecule has 1 heterocycles. The first kappa shape index (κ1) is 14.7. The number of carbonyl (C=O) groups excluding carboxylic acids is 2. The average Bonchev–Trinajstić information content (AvgIpc) is 2.47. The van der Waals surface area contributed by atoms with Gasteiger partial charge in [0.1, 0.15) is 12.0 Å². The largest absolute Gasteiger partial charge is 0.496 e. The number of Topliss-reactive ketones (excluding diaryl/α,β-unsaturated/α-hetero) is 1. The van der Waals surface area contributed by atoms with Crippen molar-refractivity contribution in [3.05, 3.63) is 29.3 Å². The van der Waals surface area contributed by atoms with E-state index in [1.807, 2.05) is 12.1 Å². The van der Waals surface area contributed by atoms with Gasteiger partial charge in [0.2, 0.25) is 0 Å². The Morgan fingerprint density at radius 3 is 2.90 bits per heavy atom. The summed E-state index contributed by atoms with van der Waals surface area (Å²) in [6, 6.07) is 5.45. The molecular weight excluding hydrogens is 254 g/mol. The summed E-state index contributed by atoms with van der Waals surface area (Å²) in [6.45, 7) is 3.12. The Hall–Kier alpha value is -1.68. The number of benzene rings is 1. The molecule has 0 N–H and O–H groups in total. The molecule has 0 aliphatic carbocycles. The molecule has 1 aliphatic heterocycles.